The smallest absolute Gasteiger partial charge is 0.305 e. The number of ether oxygens (including phenoxy) is 1. The Morgan fingerprint density at radius 1 is 0.944 bits per heavy atom. The molecule has 102 valence electrons. The molecule has 0 bridgehead atoms. The quantitative estimate of drug-likeness (QED) is 0.728. The lowest BCUT2D eigenvalue weighted by Crippen LogP contribution is -2.45. The van der Waals surface area contributed by atoms with Crippen LogP contribution in [0.15, 0.2) is 24.3 Å². The standard InChI is InChI=1S/C13H16F4O/c1-9-7-5-6-8-10(9)11(2,3)18-13(16,17)12(4,14)15/h5-8H,1-4H3. The average Bonchev–Trinajstić information content (AvgIpc) is 2.14. The molecule has 0 fully saturated rings. The maximum Gasteiger partial charge on any atom is 0.419 e. The van der Waals surface area contributed by atoms with Crippen LogP contribution in [0.2, 0.25) is 0 Å². The Kier molecular flexibility index (Phi) is 3.77. The van der Waals surface area contributed by atoms with Crippen molar-refractivity contribution in [1.82, 2.24) is 0 Å². The van der Waals surface area contributed by atoms with Gasteiger partial charge in [-0.2, -0.15) is 17.6 Å². The van der Waals surface area contributed by atoms with Gasteiger partial charge in [-0.05, 0) is 31.9 Å². The third-order valence-corrected chi connectivity index (χ3v) is 2.69. The normalized spacial score (nSPS) is 13.8. The van der Waals surface area contributed by atoms with E-state index in [4.69, 9.17) is 0 Å². The number of rotatable bonds is 4. The fourth-order valence-electron chi connectivity index (χ4n) is 1.71. The maximum absolute atomic E-state index is 13.3. The lowest BCUT2D eigenvalue weighted by Gasteiger charge is -2.34. The Balaban J connectivity index is 3.06. The Morgan fingerprint density at radius 3 is 1.89 bits per heavy atom. The molecule has 1 rings (SSSR count). The van der Waals surface area contributed by atoms with Gasteiger partial charge in [0.2, 0.25) is 0 Å². The van der Waals surface area contributed by atoms with Gasteiger partial charge < -0.3 is 4.74 Å². The minimum atomic E-state index is -4.52. The molecule has 0 amide bonds. The van der Waals surface area contributed by atoms with E-state index in [1.165, 1.54) is 13.8 Å². The molecule has 0 aromatic heterocycles. The molecule has 5 heteroatoms. The molecule has 0 unspecified atom stereocenters. The largest absolute Gasteiger partial charge is 0.419 e. The Bertz CT molecular complexity index is 421. The fourth-order valence-corrected chi connectivity index (χ4v) is 1.71. The molecule has 0 aliphatic heterocycles. The van der Waals surface area contributed by atoms with Crippen molar-refractivity contribution >= 4 is 0 Å². The SMILES string of the molecule is Cc1ccccc1C(C)(C)OC(F)(F)C(C)(F)F. The van der Waals surface area contributed by atoms with Crippen LogP contribution in [0.3, 0.4) is 0 Å². The first kappa shape index (κ1) is 15.0. The molecular weight excluding hydrogens is 248 g/mol. The molecule has 1 nitrogen and oxygen atoms in total. The lowest BCUT2D eigenvalue weighted by molar-refractivity contribution is -0.374. The van der Waals surface area contributed by atoms with Crippen molar-refractivity contribution in [2.45, 2.75) is 45.3 Å². The molecule has 0 heterocycles. The van der Waals surface area contributed by atoms with Gasteiger partial charge in [0.1, 0.15) is 0 Å². The summed E-state index contributed by atoms with van der Waals surface area (Å²) < 4.78 is 56.5. The number of alkyl halides is 4. The molecule has 0 N–H and O–H groups in total. The first-order valence-corrected chi connectivity index (χ1v) is 5.49. The summed E-state index contributed by atoms with van der Waals surface area (Å²) in [5.74, 6) is -4.23. The number of hydrogen-bond acceptors (Lipinski definition) is 1. The average molecular weight is 264 g/mol. The van der Waals surface area contributed by atoms with Crippen molar-refractivity contribution in [2.24, 2.45) is 0 Å². The topological polar surface area (TPSA) is 9.23 Å². The first-order chi connectivity index (χ1) is 7.97. The van der Waals surface area contributed by atoms with Crippen molar-refractivity contribution in [3.8, 4) is 0 Å². The van der Waals surface area contributed by atoms with Crippen LogP contribution in [0.1, 0.15) is 31.9 Å². The molecule has 0 aliphatic carbocycles. The lowest BCUT2D eigenvalue weighted by atomic mass is 9.93. The van der Waals surface area contributed by atoms with Crippen molar-refractivity contribution in [2.75, 3.05) is 0 Å². The van der Waals surface area contributed by atoms with Crippen LogP contribution < -0.4 is 0 Å². The minimum absolute atomic E-state index is 0.140. The molecular formula is C13H16F4O. The zero-order valence-corrected chi connectivity index (χ0v) is 10.7. The summed E-state index contributed by atoms with van der Waals surface area (Å²) in [5.41, 5.74) is -0.347. The van der Waals surface area contributed by atoms with Gasteiger partial charge >= 0.3 is 12.0 Å². The molecule has 0 atom stereocenters. The van der Waals surface area contributed by atoms with Gasteiger partial charge in [0.15, 0.2) is 0 Å². The van der Waals surface area contributed by atoms with Gasteiger partial charge in [0.05, 0.1) is 5.60 Å². The van der Waals surface area contributed by atoms with Crippen molar-refractivity contribution in [3.05, 3.63) is 35.4 Å². The van der Waals surface area contributed by atoms with Crippen LogP contribution in [0.5, 0.6) is 0 Å². The van der Waals surface area contributed by atoms with E-state index in [0.29, 0.717) is 11.1 Å². The van der Waals surface area contributed by atoms with Crippen LogP contribution >= 0.6 is 0 Å². The van der Waals surface area contributed by atoms with Gasteiger partial charge in [-0.25, -0.2) is 0 Å². The zero-order chi connectivity index (χ0) is 14.2. The second-order valence-corrected chi connectivity index (χ2v) is 4.83. The van der Waals surface area contributed by atoms with E-state index >= 15 is 0 Å². The summed E-state index contributed by atoms with van der Waals surface area (Å²) in [6.07, 6.45) is -4.52. The Hall–Kier alpha value is -1.10. The molecule has 18 heavy (non-hydrogen) atoms. The highest BCUT2D eigenvalue weighted by Gasteiger charge is 2.56. The molecule has 1 aromatic carbocycles. The molecule has 0 radical (unpaired) electrons. The van der Waals surface area contributed by atoms with Gasteiger partial charge in [0, 0.05) is 6.92 Å². The minimum Gasteiger partial charge on any atom is -0.305 e. The van der Waals surface area contributed by atoms with Crippen molar-refractivity contribution in [3.63, 3.8) is 0 Å². The first-order valence-electron chi connectivity index (χ1n) is 5.49. The van der Waals surface area contributed by atoms with Gasteiger partial charge in [-0.3, -0.25) is 0 Å². The number of halogens is 4. The highest BCUT2D eigenvalue weighted by molar-refractivity contribution is 5.30. The van der Waals surface area contributed by atoms with Gasteiger partial charge in [-0.15, -0.1) is 0 Å². The second-order valence-electron chi connectivity index (χ2n) is 4.83. The molecule has 0 aliphatic rings. The maximum atomic E-state index is 13.3. The molecule has 0 saturated carbocycles. The number of aryl methyl sites for hydroxylation is 1. The Labute approximate surface area is 104 Å². The highest BCUT2D eigenvalue weighted by Crippen LogP contribution is 2.41. The van der Waals surface area contributed by atoms with Gasteiger partial charge in [-0.1, -0.05) is 24.3 Å². The van der Waals surface area contributed by atoms with E-state index in [0.717, 1.165) is 0 Å². The highest BCUT2D eigenvalue weighted by atomic mass is 19.3. The molecule has 0 saturated heterocycles. The molecule has 0 spiro atoms. The predicted octanol–water partition coefficient (Wildman–Crippen LogP) is 4.49. The number of benzene rings is 1. The zero-order valence-electron chi connectivity index (χ0n) is 10.7. The summed E-state index contributed by atoms with van der Waals surface area (Å²) in [4.78, 5) is 0. The van der Waals surface area contributed by atoms with Crippen LogP contribution in [-0.2, 0) is 10.3 Å². The van der Waals surface area contributed by atoms with E-state index in [9.17, 15) is 17.6 Å². The summed E-state index contributed by atoms with van der Waals surface area (Å²) in [6, 6.07) is 6.68. The van der Waals surface area contributed by atoms with Crippen molar-refractivity contribution < 1.29 is 22.3 Å². The van der Waals surface area contributed by atoms with E-state index in [1.807, 2.05) is 0 Å². The summed E-state index contributed by atoms with van der Waals surface area (Å²) in [7, 11) is 0. The fraction of sp³-hybridized carbons (Fsp3) is 0.538. The second kappa shape index (κ2) is 4.53. The van der Waals surface area contributed by atoms with Crippen molar-refractivity contribution in [1.29, 1.82) is 0 Å². The van der Waals surface area contributed by atoms with Gasteiger partial charge in [0.25, 0.3) is 0 Å². The summed E-state index contributed by atoms with van der Waals surface area (Å²) in [6.45, 7) is 4.54. The predicted molar refractivity (Wildman–Crippen MR) is 60.9 cm³/mol. The van der Waals surface area contributed by atoms with E-state index in [-0.39, 0.29) is 6.92 Å². The summed E-state index contributed by atoms with van der Waals surface area (Å²) in [5, 5.41) is 0. The van der Waals surface area contributed by atoms with Crippen LogP contribution in [-0.4, -0.2) is 12.0 Å². The van der Waals surface area contributed by atoms with Crippen LogP contribution in [0.4, 0.5) is 17.6 Å². The van der Waals surface area contributed by atoms with E-state index in [2.05, 4.69) is 4.74 Å². The third kappa shape index (κ3) is 3.02. The number of hydrogen-bond donors (Lipinski definition) is 0. The van der Waals surface area contributed by atoms with E-state index in [1.54, 1.807) is 31.2 Å². The Morgan fingerprint density at radius 2 is 1.44 bits per heavy atom. The third-order valence-electron chi connectivity index (χ3n) is 2.69. The monoisotopic (exact) mass is 264 g/mol. The molecule has 1 aromatic rings. The van der Waals surface area contributed by atoms with Crippen LogP contribution in [0, 0.1) is 6.92 Å². The van der Waals surface area contributed by atoms with E-state index < -0.39 is 17.6 Å². The van der Waals surface area contributed by atoms with Crippen LogP contribution in [0.25, 0.3) is 0 Å². The summed E-state index contributed by atoms with van der Waals surface area (Å²) >= 11 is 0.